The fourth-order valence-electron chi connectivity index (χ4n) is 3.50. The van der Waals surface area contributed by atoms with Crippen LogP contribution in [0.1, 0.15) is 18.2 Å². The number of fused-ring (bicyclic) bond motifs is 2. The Balaban J connectivity index is 1.46. The third-order valence-electron chi connectivity index (χ3n) is 4.97. The Morgan fingerprint density at radius 1 is 1.14 bits per heavy atom. The van der Waals surface area contributed by atoms with Crippen molar-refractivity contribution >= 4 is 23.5 Å². The zero-order chi connectivity index (χ0) is 20.0. The van der Waals surface area contributed by atoms with E-state index < -0.39 is 12.2 Å². The highest BCUT2D eigenvalue weighted by molar-refractivity contribution is 7.98. The molecule has 0 fully saturated rings. The van der Waals surface area contributed by atoms with Crippen LogP contribution in [-0.4, -0.2) is 27.9 Å². The average Bonchev–Trinajstić information content (AvgIpc) is 3.31. The third-order valence-corrected chi connectivity index (χ3v) is 5.94. The summed E-state index contributed by atoms with van der Waals surface area (Å²) in [6, 6.07) is 13.3. The Labute approximate surface area is 171 Å². The molecular weight excluding hydrogens is 393 g/mol. The lowest BCUT2D eigenvalue weighted by molar-refractivity contribution is -0.128. The Kier molecular flexibility index (Phi) is 4.43. The molecule has 5 rings (SSSR count). The minimum Gasteiger partial charge on any atom is -0.482 e. The number of amides is 1. The summed E-state index contributed by atoms with van der Waals surface area (Å²) in [5.74, 6) is 2.66. The summed E-state index contributed by atoms with van der Waals surface area (Å²) >= 11 is 1.74. The zero-order valence-corrected chi connectivity index (χ0v) is 16.4. The number of halogens is 1. The molecule has 29 heavy (non-hydrogen) atoms. The van der Waals surface area contributed by atoms with Crippen molar-refractivity contribution in [2.75, 3.05) is 5.32 Å². The van der Waals surface area contributed by atoms with Crippen molar-refractivity contribution in [1.29, 1.82) is 0 Å². The number of thioether (sulfide) groups is 1. The molecule has 0 saturated heterocycles. The van der Waals surface area contributed by atoms with E-state index in [1.807, 2.05) is 18.2 Å². The number of hydrogen-bond acceptors (Lipinski definition) is 5. The van der Waals surface area contributed by atoms with Crippen LogP contribution in [0.15, 0.2) is 48.5 Å². The predicted molar refractivity (Wildman–Crippen MR) is 108 cm³/mol. The van der Waals surface area contributed by atoms with Crippen LogP contribution in [0.25, 0.3) is 5.69 Å². The van der Waals surface area contributed by atoms with Gasteiger partial charge in [-0.2, -0.15) is 16.9 Å². The summed E-state index contributed by atoms with van der Waals surface area (Å²) in [6.07, 6.45) is -1.25. The molecule has 3 heterocycles. The lowest BCUT2D eigenvalue weighted by Gasteiger charge is -2.31. The maximum Gasteiger partial charge on any atom is 0.270 e. The predicted octanol–water partition coefficient (Wildman–Crippen LogP) is 3.93. The van der Waals surface area contributed by atoms with Crippen molar-refractivity contribution in [3.05, 3.63) is 65.6 Å². The highest BCUT2D eigenvalue weighted by atomic mass is 32.2. The molecule has 2 unspecified atom stereocenters. The number of ether oxygens (including phenoxy) is 2. The normalized spacial score (nSPS) is 19.7. The average molecular weight is 411 g/mol. The minimum absolute atomic E-state index is 0.310. The Morgan fingerprint density at radius 2 is 1.86 bits per heavy atom. The van der Waals surface area contributed by atoms with Crippen molar-refractivity contribution in [3.63, 3.8) is 0 Å². The summed E-state index contributed by atoms with van der Waals surface area (Å²) in [7, 11) is 0. The quantitative estimate of drug-likeness (QED) is 0.708. The van der Waals surface area contributed by atoms with Crippen molar-refractivity contribution in [1.82, 2.24) is 9.78 Å². The summed E-state index contributed by atoms with van der Waals surface area (Å²) in [4.78, 5) is 13.1. The fraction of sp³-hybridized carbons (Fsp3) is 0.238. The van der Waals surface area contributed by atoms with Crippen molar-refractivity contribution in [3.8, 4) is 17.2 Å². The largest absolute Gasteiger partial charge is 0.482 e. The molecule has 3 aromatic rings. The number of rotatable bonds is 3. The van der Waals surface area contributed by atoms with E-state index in [-0.39, 0.29) is 11.7 Å². The van der Waals surface area contributed by atoms with E-state index in [4.69, 9.17) is 9.47 Å². The number of carbonyl (C=O) groups is 1. The number of aromatic nitrogens is 2. The Morgan fingerprint density at radius 3 is 2.62 bits per heavy atom. The summed E-state index contributed by atoms with van der Waals surface area (Å²) in [5, 5.41) is 7.61. The van der Waals surface area contributed by atoms with Gasteiger partial charge in [-0.05, 0) is 43.3 Å². The van der Waals surface area contributed by atoms with Crippen LogP contribution in [0, 0.1) is 5.82 Å². The number of nitrogens with zero attached hydrogens (tertiary/aromatic N) is 2. The molecule has 6 nitrogen and oxygen atoms in total. The summed E-state index contributed by atoms with van der Waals surface area (Å²) < 4.78 is 26.8. The Bertz CT molecular complexity index is 1080. The summed E-state index contributed by atoms with van der Waals surface area (Å²) in [6.45, 7) is 1.80. The van der Waals surface area contributed by atoms with E-state index in [1.54, 1.807) is 41.6 Å². The van der Waals surface area contributed by atoms with Crippen LogP contribution in [0.3, 0.4) is 0 Å². The highest BCUT2D eigenvalue weighted by Gasteiger charge is 2.35. The van der Waals surface area contributed by atoms with Gasteiger partial charge in [0.15, 0.2) is 11.5 Å². The van der Waals surface area contributed by atoms with Gasteiger partial charge in [-0.1, -0.05) is 12.1 Å². The van der Waals surface area contributed by atoms with Crippen LogP contribution in [-0.2, 0) is 16.3 Å². The smallest absolute Gasteiger partial charge is 0.270 e. The highest BCUT2D eigenvalue weighted by Crippen LogP contribution is 2.37. The van der Waals surface area contributed by atoms with Gasteiger partial charge in [0.05, 0.1) is 11.4 Å². The molecule has 2 aliphatic rings. The second-order valence-corrected chi connectivity index (χ2v) is 7.94. The lowest BCUT2D eigenvalue weighted by Crippen LogP contribution is -2.46. The second kappa shape index (κ2) is 7.11. The van der Waals surface area contributed by atoms with Gasteiger partial charge in [-0.25, -0.2) is 9.07 Å². The van der Waals surface area contributed by atoms with E-state index in [2.05, 4.69) is 10.4 Å². The van der Waals surface area contributed by atoms with Crippen molar-refractivity contribution in [2.24, 2.45) is 0 Å². The van der Waals surface area contributed by atoms with Crippen molar-refractivity contribution < 1.29 is 18.7 Å². The molecule has 8 heteroatoms. The van der Waals surface area contributed by atoms with Gasteiger partial charge in [0.25, 0.3) is 5.91 Å². The molecule has 2 aromatic carbocycles. The van der Waals surface area contributed by atoms with E-state index in [0.717, 1.165) is 22.8 Å². The molecule has 148 valence electrons. The molecule has 0 aliphatic carbocycles. The third kappa shape index (κ3) is 3.23. The van der Waals surface area contributed by atoms with Gasteiger partial charge in [0.2, 0.25) is 6.10 Å². The van der Waals surface area contributed by atoms with Gasteiger partial charge < -0.3 is 14.8 Å². The first-order valence-electron chi connectivity index (χ1n) is 9.28. The molecule has 0 radical (unpaired) electrons. The first-order chi connectivity index (χ1) is 14.1. The second-order valence-electron chi connectivity index (χ2n) is 6.95. The maximum absolute atomic E-state index is 13.3. The molecule has 1 amide bonds. The number of para-hydroxylation sites is 2. The van der Waals surface area contributed by atoms with E-state index in [9.17, 15) is 9.18 Å². The molecule has 0 spiro atoms. The van der Waals surface area contributed by atoms with Crippen LogP contribution in [0.4, 0.5) is 10.2 Å². The van der Waals surface area contributed by atoms with Crippen LogP contribution in [0.2, 0.25) is 0 Å². The van der Waals surface area contributed by atoms with E-state index in [1.165, 1.54) is 12.1 Å². The molecular formula is C21H18FN3O3S. The first kappa shape index (κ1) is 18.1. The monoisotopic (exact) mass is 411 g/mol. The molecule has 1 N–H and O–H groups in total. The van der Waals surface area contributed by atoms with Gasteiger partial charge in [-0.15, -0.1) is 0 Å². The van der Waals surface area contributed by atoms with Gasteiger partial charge in [0, 0.05) is 17.1 Å². The maximum atomic E-state index is 13.3. The molecule has 1 aromatic heterocycles. The standard InChI is InChI=1S/C21H18FN3O3S/c1-12-19(28-18-5-3-2-4-17(18)27-12)21(26)23-20-15-10-29-11-16(15)24-25(20)14-8-6-13(22)7-9-14/h2-9,12,19H,10-11H2,1H3,(H,23,26). The number of benzene rings is 2. The topological polar surface area (TPSA) is 65.4 Å². The van der Waals surface area contributed by atoms with Crippen LogP contribution in [0.5, 0.6) is 11.5 Å². The van der Waals surface area contributed by atoms with Crippen LogP contribution >= 0.6 is 11.8 Å². The zero-order valence-electron chi connectivity index (χ0n) is 15.6. The molecule has 2 aliphatic heterocycles. The molecule has 0 saturated carbocycles. The first-order valence-corrected chi connectivity index (χ1v) is 10.4. The SMILES string of the molecule is CC1Oc2ccccc2OC1C(=O)Nc1c2c(nn1-c1ccc(F)cc1)CSC2. The fourth-order valence-corrected chi connectivity index (χ4v) is 4.54. The number of carbonyl (C=O) groups excluding carboxylic acids is 1. The molecule has 0 bridgehead atoms. The lowest BCUT2D eigenvalue weighted by atomic mass is 10.1. The molecule has 2 atom stereocenters. The van der Waals surface area contributed by atoms with Gasteiger partial charge in [0.1, 0.15) is 17.7 Å². The number of hydrogen-bond donors (Lipinski definition) is 1. The van der Waals surface area contributed by atoms with Gasteiger partial charge >= 0.3 is 0 Å². The summed E-state index contributed by atoms with van der Waals surface area (Å²) in [5.41, 5.74) is 2.59. The van der Waals surface area contributed by atoms with Crippen molar-refractivity contribution in [2.45, 2.75) is 30.6 Å². The van der Waals surface area contributed by atoms with Gasteiger partial charge in [-0.3, -0.25) is 4.79 Å². The van der Waals surface area contributed by atoms with E-state index >= 15 is 0 Å². The minimum atomic E-state index is -0.800. The van der Waals surface area contributed by atoms with Crippen LogP contribution < -0.4 is 14.8 Å². The number of nitrogens with one attached hydrogen (secondary N) is 1. The Hall–Kier alpha value is -3.00. The van der Waals surface area contributed by atoms with E-state index in [0.29, 0.717) is 23.0 Å². The number of anilines is 1.